The molecule has 116 valence electrons. The van der Waals surface area contributed by atoms with Crippen LogP contribution in [0.3, 0.4) is 0 Å². The molecule has 0 aliphatic carbocycles. The van der Waals surface area contributed by atoms with Crippen molar-refractivity contribution in [3.8, 4) is 0 Å². The summed E-state index contributed by atoms with van der Waals surface area (Å²) in [7, 11) is 0. The largest absolute Gasteiger partial charge is 0.476 e. The lowest BCUT2D eigenvalue weighted by Gasteiger charge is -2.32. The Labute approximate surface area is 127 Å². The van der Waals surface area contributed by atoms with Gasteiger partial charge in [-0.2, -0.15) is 0 Å². The van der Waals surface area contributed by atoms with Crippen LogP contribution in [0, 0.1) is 12.8 Å². The highest BCUT2D eigenvalue weighted by atomic mass is 16.4. The molecule has 0 saturated carbocycles. The van der Waals surface area contributed by atoms with Crippen molar-refractivity contribution in [2.45, 2.75) is 26.3 Å². The van der Waals surface area contributed by atoms with Crippen LogP contribution < -0.4 is 4.90 Å². The zero-order valence-corrected chi connectivity index (χ0v) is 12.4. The van der Waals surface area contributed by atoms with Gasteiger partial charge in [-0.1, -0.05) is 5.21 Å². The van der Waals surface area contributed by atoms with Crippen molar-refractivity contribution < 1.29 is 9.90 Å². The number of aryl methyl sites for hydroxylation is 1. The molecule has 0 amide bonds. The van der Waals surface area contributed by atoms with Crippen LogP contribution in [0.25, 0.3) is 0 Å². The lowest BCUT2D eigenvalue weighted by molar-refractivity contribution is 0.0690. The van der Waals surface area contributed by atoms with Gasteiger partial charge in [-0.3, -0.25) is 4.68 Å². The number of aromatic nitrogens is 5. The van der Waals surface area contributed by atoms with E-state index in [2.05, 4.69) is 25.2 Å². The molecular formula is C14H18N6O2. The molecule has 8 nitrogen and oxygen atoms in total. The maximum atomic E-state index is 10.8. The maximum absolute atomic E-state index is 10.8. The van der Waals surface area contributed by atoms with Gasteiger partial charge in [-0.25, -0.2) is 14.8 Å². The lowest BCUT2D eigenvalue weighted by Crippen LogP contribution is -2.38. The number of carbonyl (C=O) groups is 1. The Bertz CT molecular complexity index is 671. The van der Waals surface area contributed by atoms with E-state index in [1.165, 1.54) is 6.20 Å². The molecule has 0 spiro atoms. The smallest absolute Gasteiger partial charge is 0.358 e. The summed E-state index contributed by atoms with van der Waals surface area (Å²) in [6.45, 7) is 4.39. The molecule has 1 atom stereocenters. The fourth-order valence-electron chi connectivity index (χ4n) is 2.73. The summed E-state index contributed by atoms with van der Waals surface area (Å²) in [6, 6.07) is 1.88. The van der Waals surface area contributed by atoms with Gasteiger partial charge in [0.25, 0.3) is 0 Å². The summed E-state index contributed by atoms with van der Waals surface area (Å²) in [5.74, 6) is 0.0837. The molecule has 1 saturated heterocycles. The number of anilines is 1. The van der Waals surface area contributed by atoms with Gasteiger partial charge in [0.1, 0.15) is 0 Å². The van der Waals surface area contributed by atoms with E-state index < -0.39 is 5.97 Å². The number of nitrogens with zero attached hydrogens (tertiary/aromatic N) is 6. The van der Waals surface area contributed by atoms with Gasteiger partial charge >= 0.3 is 5.97 Å². The predicted octanol–water partition coefficient (Wildman–Crippen LogP) is 0.991. The number of rotatable bonds is 4. The quantitative estimate of drug-likeness (QED) is 0.899. The molecule has 8 heteroatoms. The molecule has 3 heterocycles. The highest BCUT2D eigenvalue weighted by molar-refractivity contribution is 5.84. The number of hydrogen-bond acceptors (Lipinski definition) is 6. The van der Waals surface area contributed by atoms with Crippen molar-refractivity contribution in [3.63, 3.8) is 0 Å². The molecule has 0 bridgehead atoms. The fourth-order valence-corrected chi connectivity index (χ4v) is 2.73. The second-order valence-corrected chi connectivity index (χ2v) is 5.58. The van der Waals surface area contributed by atoms with Crippen LogP contribution in [0.2, 0.25) is 0 Å². The molecule has 22 heavy (non-hydrogen) atoms. The molecule has 0 radical (unpaired) electrons. The average Bonchev–Trinajstić information content (AvgIpc) is 2.96. The van der Waals surface area contributed by atoms with E-state index >= 15 is 0 Å². The third-order valence-electron chi connectivity index (χ3n) is 3.79. The average molecular weight is 302 g/mol. The molecule has 1 N–H and O–H groups in total. The number of hydrogen-bond donors (Lipinski definition) is 1. The van der Waals surface area contributed by atoms with Crippen LogP contribution in [-0.2, 0) is 6.54 Å². The number of carboxylic acids is 1. The second kappa shape index (κ2) is 6.08. The van der Waals surface area contributed by atoms with E-state index in [0.717, 1.165) is 37.6 Å². The van der Waals surface area contributed by atoms with Gasteiger partial charge in [-0.05, 0) is 31.7 Å². The number of aromatic carboxylic acids is 1. The Morgan fingerprint density at radius 3 is 3.09 bits per heavy atom. The van der Waals surface area contributed by atoms with Crippen LogP contribution in [0.1, 0.15) is 29.0 Å². The van der Waals surface area contributed by atoms with Crippen LogP contribution in [-0.4, -0.2) is 49.1 Å². The van der Waals surface area contributed by atoms with Gasteiger partial charge in [0.15, 0.2) is 5.69 Å². The molecule has 1 aliphatic heterocycles. The van der Waals surface area contributed by atoms with Gasteiger partial charge in [0.2, 0.25) is 5.95 Å². The van der Waals surface area contributed by atoms with Crippen molar-refractivity contribution in [3.05, 3.63) is 29.8 Å². The summed E-state index contributed by atoms with van der Waals surface area (Å²) in [6.07, 6.45) is 5.38. The molecule has 3 rings (SSSR count). The SMILES string of the molecule is Cc1ccnc(N2CCCC(Cn3cc(C(=O)O)nn3)C2)n1. The molecular weight excluding hydrogens is 284 g/mol. The highest BCUT2D eigenvalue weighted by Crippen LogP contribution is 2.21. The van der Waals surface area contributed by atoms with Crippen molar-refractivity contribution in [2.24, 2.45) is 5.92 Å². The van der Waals surface area contributed by atoms with Gasteiger partial charge in [0, 0.05) is 31.5 Å². The third-order valence-corrected chi connectivity index (χ3v) is 3.79. The molecule has 1 aliphatic rings. The molecule has 2 aromatic rings. The Kier molecular flexibility index (Phi) is 3.99. The number of carboxylic acid groups (broad SMARTS) is 1. The monoisotopic (exact) mass is 302 g/mol. The summed E-state index contributed by atoms with van der Waals surface area (Å²) in [5.41, 5.74) is 0.934. The van der Waals surface area contributed by atoms with Crippen LogP contribution in [0.5, 0.6) is 0 Å². The highest BCUT2D eigenvalue weighted by Gasteiger charge is 2.23. The Balaban J connectivity index is 1.66. The molecule has 1 fully saturated rings. The van der Waals surface area contributed by atoms with E-state index in [9.17, 15) is 4.79 Å². The van der Waals surface area contributed by atoms with Gasteiger partial charge < -0.3 is 10.0 Å². The first-order chi connectivity index (χ1) is 10.6. The standard InChI is InChI=1S/C14H18N6O2/c1-10-4-5-15-14(16-10)19-6-2-3-11(7-19)8-20-9-12(13(21)22)17-18-20/h4-5,9,11H,2-3,6-8H2,1H3,(H,21,22). The van der Waals surface area contributed by atoms with Crippen molar-refractivity contribution in [1.29, 1.82) is 0 Å². The predicted molar refractivity (Wildman–Crippen MR) is 78.7 cm³/mol. The van der Waals surface area contributed by atoms with Crippen molar-refractivity contribution in [2.75, 3.05) is 18.0 Å². The molecule has 0 aromatic carbocycles. The number of piperidine rings is 1. The van der Waals surface area contributed by atoms with Gasteiger partial charge in [0.05, 0.1) is 6.20 Å². The first kappa shape index (κ1) is 14.4. The summed E-state index contributed by atoms with van der Waals surface area (Å²) in [5, 5.41) is 16.4. The summed E-state index contributed by atoms with van der Waals surface area (Å²) < 4.78 is 1.61. The van der Waals surface area contributed by atoms with E-state index in [0.29, 0.717) is 12.5 Å². The normalized spacial score (nSPS) is 18.4. The minimum absolute atomic E-state index is 0.0188. The lowest BCUT2D eigenvalue weighted by atomic mass is 9.98. The van der Waals surface area contributed by atoms with Crippen molar-refractivity contribution in [1.82, 2.24) is 25.0 Å². The molecule has 1 unspecified atom stereocenters. The zero-order chi connectivity index (χ0) is 15.5. The Morgan fingerprint density at radius 2 is 2.36 bits per heavy atom. The van der Waals surface area contributed by atoms with Crippen LogP contribution in [0.15, 0.2) is 18.5 Å². The fraction of sp³-hybridized carbons (Fsp3) is 0.500. The van der Waals surface area contributed by atoms with Crippen molar-refractivity contribution >= 4 is 11.9 Å². The van der Waals surface area contributed by atoms with Crippen LogP contribution >= 0.6 is 0 Å². The third kappa shape index (κ3) is 3.21. The molecule has 2 aromatic heterocycles. The first-order valence-electron chi connectivity index (χ1n) is 7.30. The van der Waals surface area contributed by atoms with E-state index in [-0.39, 0.29) is 5.69 Å². The van der Waals surface area contributed by atoms with Crippen LogP contribution in [0.4, 0.5) is 5.95 Å². The zero-order valence-electron chi connectivity index (χ0n) is 12.4. The minimum Gasteiger partial charge on any atom is -0.476 e. The maximum Gasteiger partial charge on any atom is 0.358 e. The topological polar surface area (TPSA) is 97.0 Å². The Hall–Kier alpha value is -2.51. The second-order valence-electron chi connectivity index (χ2n) is 5.58. The summed E-state index contributed by atoms with van der Waals surface area (Å²) in [4.78, 5) is 21.8. The van der Waals surface area contributed by atoms with Gasteiger partial charge in [-0.15, -0.1) is 5.10 Å². The van der Waals surface area contributed by atoms with E-state index in [4.69, 9.17) is 5.11 Å². The minimum atomic E-state index is -1.05. The first-order valence-corrected chi connectivity index (χ1v) is 7.30. The van der Waals surface area contributed by atoms with E-state index in [1.807, 2.05) is 13.0 Å². The Morgan fingerprint density at radius 1 is 1.50 bits per heavy atom. The summed E-state index contributed by atoms with van der Waals surface area (Å²) >= 11 is 0. The van der Waals surface area contributed by atoms with E-state index in [1.54, 1.807) is 10.9 Å².